The first kappa shape index (κ1) is 16.0. The zero-order chi connectivity index (χ0) is 17.9. The summed E-state index contributed by atoms with van der Waals surface area (Å²) < 4.78 is 7.44. The van der Waals surface area contributed by atoms with Crippen LogP contribution >= 0.6 is 0 Å². The summed E-state index contributed by atoms with van der Waals surface area (Å²) in [5.74, 6) is 1.21. The van der Waals surface area contributed by atoms with Gasteiger partial charge in [-0.25, -0.2) is 6.57 Å². The minimum atomic E-state index is -0.571. The average molecular weight is 339 g/mol. The summed E-state index contributed by atoms with van der Waals surface area (Å²) in [6, 6.07) is -0.571. The van der Waals surface area contributed by atoms with E-state index in [2.05, 4.69) is 22.0 Å². The first-order valence-electron chi connectivity index (χ1n) is 8.64. The summed E-state index contributed by atoms with van der Waals surface area (Å²) in [4.78, 5) is 16.1. The Morgan fingerprint density at radius 3 is 2.80 bits per heavy atom. The van der Waals surface area contributed by atoms with E-state index in [1.165, 1.54) is 0 Å². The van der Waals surface area contributed by atoms with Crippen molar-refractivity contribution in [2.75, 3.05) is 0 Å². The predicted molar refractivity (Wildman–Crippen MR) is 89.6 cm³/mol. The first-order chi connectivity index (χ1) is 11.9. The molecule has 0 spiro atoms. The molecule has 2 aromatic rings. The Bertz CT molecular complexity index is 905. The quantitative estimate of drug-likeness (QED) is 0.746. The first-order valence-corrected chi connectivity index (χ1v) is 8.64. The molecular formula is C18H21N5O2. The Morgan fingerprint density at radius 1 is 1.40 bits per heavy atom. The third-order valence-corrected chi connectivity index (χ3v) is 6.09. The smallest absolute Gasteiger partial charge is 0.282 e. The molecule has 0 aromatic carbocycles. The largest absolute Gasteiger partial charge is 0.420 e. The van der Waals surface area contributed by atoms with Crippen LogP contribution in [0.3, 0.4) is 0 Å². The summed E-state index contributed by atoms with van der Waals surface area (Å²) in [5.41, 5.74) is 2.70. The average Bonchev–Trinajstić information content (AvgIpc) is 3.14. The van der Waals surface area contributed by atoms with Crippen LogP contribution in [-0.4, -0.2) is 31.8 Å². The molecule has 2 aliphatic rings. The van der Waals surface area contributed by atoms with E-state index in [1.807, 2.05) is 14.0 Å². The lowest BCUT2D eigenvalue weighted by molar-refractivity contribution is -0.129. The molecule has 0 N–H and O–H groups in total. The fourth-order valence-electron chi connectivity index (χ4n) is 4.88. The molecule has 130 valence electrons. The number of nitrogens with zero attached hydrogens (tertiary/aromatic N) is 5. The standard InChI is InChI=1S/C18H21N5O2/c1-9-12-7-6-11-14(17-21-20-10(2)25-17)23(5)22-16(11)18(12,3)8-13(19-4)15(9)24/h9,12-13H,6-8H2,1-3,5H3/t9-,12-,13?,18-/m0/s1. The fraction of sp³-hybridized carbons (Fsp3) is 0.611. The monoisotopic (exact) mass is 339 g/mol. The number of hydrogen-bond acceptors (Lipinski definition) is 5. The minimum absolute atomic E-state index is 0.0876. The van der Waals surface area contributed by atoms with Crippen molar-refractivity contribution in [3.63, 3.8) is 0 Å². The van der Waals surface area contributed by atoms with Crippen LogP contribution in [0.25, 0.3) is 16.4 Å². The van der Waals surface area contributed by atoms with E-state index in [4.69, 9.17) is 16.1 Å². The Labute approximate surface area is 146 Å². The van der Waals surface area contributed by atoms with Crippen molar-refractivity contribution in [1.29, 1.82) is 0 Å². The molecule has 4 atom stereocenters. The molecule has 0 radical (unpaired) electrons. The van der Waals surface area contributed by atoms with Gasteiger partial charge >= 0.3 is 0 Å². The maximum absolute atomic E-state index is 12.5. The van der Waals surface area contributed by atoms with Gasteiger partial charge in [0, 0.05) is 37.3 Å². The van der Waals surface area contributed by atoms with E-state index in [1.54, 1.807) is 11.6 Å². The van der Waals surface area contributed by atoms with Gasteiger partial charge in [-0.15, -0.1) is 10.2 Å². The van der Waals surface area contributed by atoms with Gasteiger partial charge in [0.25, 0.3) is 11.9 Å². The van der Waals surface area contributed by atoms with Crippen LogP contribution in [-0.2, 0) is 23.7 Å². The summed E-state index contributed by atoms with van der Waals surface area (Å²) in [7, 11) is 1.88. The molecule has 4 rings (SSSR count). The molecule has 7 nitrogen and oxygen atoms in total. The van der Waals surface area contributed by atoms with E-state index >= 15 is 0 Å². The molecule has 0 amide bonds. The van der Waals surface area contributed by atoms with Crippen LogP contribution in [0, 0.1) is 25.3 Å². The molecule has 1 fully saturated rings. The van der Waals surface area contributed by atoms with Gasteiger partial charge in [-0.3, -0.25) is 9.48 Å². The maximum Gasteiger partial charge on any atom is 0.282 e. The molecule has 0 bridgehead atoms. The van der Waals surface area contributed by atoms with Crippen LogP contribution in [0.1, 0.15) is 43.8 Å². The number of rotatable bonds is 1. The SMILES string of the molecule is [C-]#[N+]C1C[C@]2(C)c3nn(C)c(-c4nnc(C)o4)c3CC[C@H]2[C@H](C)C1=O. The topological polar surface area (TPSA) is 78.2 Å². The number of fused-ring (bicyclic) bond motifs is 3. The van der Waals surface area contributed by atoms with Crippen LogP contribution in [0.5, 0.6) is 0 Å². The van der Waals surface area contributed by atoms with Crippen molar-refractivity contribution in [3.05, 3.63) is 28.6 Å². The van der Waals surface area contributed by atoms with Crippen molar-refractivity contribution in [1.82, 2.24) is 20.0 Å². The van der Waals surface area contributed by atoms with E-state index in [-0.39, 0.29) is 23.0 Å². The lowest BCUT2D eigenvalue weighted by Crippen LogP contribution is -2.51. The van der Waals surface area contributed by atoms with Crippen molar-refractivity contribution >= 4 is 5.78 Å². The minimum Gasteiger partial charge on any atom is -0.420 e. The zero-order valence-electron chi connectivity index (χ0n) is 14.9. The molecule has 1 unspecified atom stereocenters. The molecule has 0 saturated heterocycles. The summed E-state index contributed by atoms with van der Waals surface area (Å²) >= 11 is 0. The van der Waals surface area contributed by atoms with Gasteiger partial charge in [0.2, 0.25) is 11.7 Å². The van der Waals surface area contributed by atoms with Gasteiger partial charge in [-0.05, 0) is 18.8 Å². The summed E-state index contributed by atoms with van der Waals surface area (Å²) in [5, 5.41) is 12.9. The molecule has 0 aliphatic heterocycles. The highest BCUT2D eigenvalue weighted by atomic mass is 16.4. The molecule has 1 saturated carbocycles. The lowest BCUT2D eigenvalue weighted by atomic mass is 9.55. The number of ketones is 1. The highest BCUT2D eigenvalue weighted by Crippen LogP contribution is 2.52. The third kappa shape index (κ3) is 2.10. The number of aryl methyl sites for hydroxylation is 2. The summed E-state index contributed by atoms with van der Waals surface area (Å²) in [6.45, 7) is 13.3. The molecular weight excluding hydrogens is 318 g/mol. The van der Waals surface area contributed by atoms with Crippen molar-refractivity contribution in [2.24, 2.45) is 18.9 Å². The number of carbonyl (C=O) groups excluding carboxylic acids is 1. The van der Waals surface area contributed by atoms with Crippen molar-refractivity contribution in [3.8, 4) is 11.6 Å². The van der Waals surface area contributed by atoms with Gasteiger partial charge in [0.15, 0.2) is 0 Å². The van der Waals surface area contributed by atoms with Gasteiger partial charge in [-0.1, -0.05) is 13.8 Å². The van der Waals surface area contributed by atoms with Crippen molar-refractivity contribution in [2.45, 2.75) is 51.5 Å². The van der Waals surface area contributed by atoms with Gasteiger partial charge in [-0.2, -0.15) is 5.10 Å². The Hall–Kier alpha value is -2.49. The second-order valence-electron chi connectivity index (χ2n) is 7.53. The molecule has 2 heterocycles. The zero-order valence-corrected chi connectivity index (χ0v) is 14.9. The highest BCUT2D eigenvalue weighted by molar-refractivity contribution is 5.89. The van der Waals surface area contributed by atoms with Gasteiger partial charge in [0.1, 0.15) is 5.69 Å². The third-order valence-electron chi connectivity index (χ3n) is 6.09. The number of Topliss-reactive ketones (excluding diaryl/α,β-unsaturated/α-hetero) is 1. The Kier molecular flexibility index (Phi) is 3.36. The summed E-state index contributed by atoms with van der Waals surface area (Å²) in [6.07, 6.45) is 2.28. The Balaban J connectivity index is 1.87. The van der Waals surface area contributed by atoms with Crippen LogP contribution < -0.4 is 0 Å². The number of aromatic nitrogens is 4. The lowest BCUT2D eigenvalue weighted by Gasteiger charge is -2.46. The van der Waals surface area contributed by atoms with E-state index in [0.29, 0.717) is 18.2 Å². The maximum atomic E-state index is 12.5. The number of carbonyl (C=O) groups is 1. The second kappa shape index (κ2) is 5.25. The molecule has 2 aromatic heterocycles. The second-order valence-corrected chi connectivity index (χ2v) is 7.53. The number of hydrogen-bond donors (Lipinski definition) is 0. The van der Waals surface area contributed by atoms with E-state index in [9.17, 15) is 4.79 Å². The highest BCUT2D eigenvalue weighted by Gasteiger charge is 2.56. The fourth-order valence-corrected chi connectivity index (χ4v) is 4.88. The molecule has 2 aliphatic carbocycles. The van der Waals surface area contributed by atoms with Gasteiger partial charge < -0.3 is 9.26 Å². The molecule has 25 heavy (non-hydrogen) atoms. The Morgan fingerprint density at radius 2 is 2.16 bits per heavy atom. The predicted octanol–water partition coefficient (Wildman–Crippen LogP) is 2.50. The van der Waals surface area contributed by atoms with Crippen LogP contribution in [0.4, 0.5) is 0 Å². The van der Waals surface area contributed by atoms with Crippen molar-refractivity contribution < 1.29 is 9.21 Å². The van der Waals surface area contributed by atoms with E-state index < -0.39 is 6.04 Å². The molecule has 7 heteroatoms. The van der Waals surface area contributed by atoms with E-state index in [0.717, 1.165) is 29.8 Å². The van der Waals surface area contributed by atoms with Gasteiger partial charge in [0.05, 0.1) is 5.69 Å². The van der Waals surface area contributed by atoms with Crippen LogP contribution in [0.15, 0.2) is 4.42 Å². The normalized spacial score (nSPS) is 31.3. The van der Waals surface area contributed by atoms with Crippen LogP contribution in [0.2, 0.25) is 0 Å².